The number of carbonyl (C=O) groups is 1. The van der Waals surface area contributed by atoms with Crippen molar-refractivity contribution >= 4 is 28.7 Å². The molecule has 0 atom stereocenters. The number of nitrogens with zero attached hydrogens (tertiary/aromatic N) is 1. The fraction of sp³-hybridized carbons (Fsp3) is 0.375. The van der Waals surface area contributed by atoms with Crippen molar-refractivity contribution < 1.29 is 22.7 Å². The number of ether oxygens (including phenoxy) is 1. The number of thiazole rings is 1. The van der Waals surface area contributed by atoms with E-state index in [1.165, 1.54) is 0 Å². The molecule has 0 aliphatic heterocycles. The third-order valence-electron chi connectivity index (χ3n) is 3.23. The molecule has 0 fully saturated rings. The predicted octanol–water partition coefficient (Wildman–Crippen LogP) is 5.34. The number of Topliss-reactive ketones (excluding diaryl/α,β-unsaturated/α-hetero) is 1. The molecule has 0 bridgehead atoms. The fourth-order valence-corrected chi connectivity index (χ4v) is 3.23. The summed E-state index contributed by atoms with van der Waals surface area (Å²) in [6, 6.07) is 5.15. The maximum absolute atomic E-state index is 13.0. The summed E-state index contributed by atoms with van der Waals surface area (Å²) in [5.74, 6) is -0.0646. The minimum absolute atomic E-state index is 0.0493. The first kappa shape index (κ1) is 18.7. The fourth-order valence-electron chi connectivity index (χ4n) is 2.16. The molecule has 1 aromatic heterocycles. The molecule has 24 heavy (non-hydrogen) atoms. The van der Waals surface area contributed by atoms with Crippen LogP contribution >= 0.6 is 22.9 Å². The number of alkyl halides is 3. The van der Waals surface area contributed by atoms with Gasteiger partial charge in [-0.3, -0.25) is 4.79 Å². The second-order valence-electron chi connectivity index (χ2n) is 5.45. The van der Waals surface area contributed by atoms with Crippen LogP contribution in [-0.2, 0) is 12.6 Å². The highest BCUT2D eigenvalue weighted by atomic mass is 35.5. The van der Waals surface area contributed by atoms with Crippen LogP contribution in [-0.4, -0.2) is 16.9 Å². The molecule has 1 heterocycles. The standard InChI is InChI=1S/C16H15ClF3NO2S/c1-8(2)23-12-6-4-5-10(9(12)3)7-11(22)13-14(16(18,19)20)21-15(17)24-13/h4-6,8H,7H2,1-3H3. The Bertz CT molecular complexity index is 756. The van der Waals surface area contributed by atoms with Crippen LogP contribution in [0.25, 0.3) is 0 Å². The monoisotopic (exact) mass is 377 g/mol. The van der Waals surface area contributed by atoms with Gasteiger partial charge < -0.3 is 4.74 Å². The normalized spacial score (nSPS) is 11.8. The van der Waals surface area contributed by atoms with Crippen molar-refractivity contribution in [3.05, 3.63) is 44.4 Å². The summed E-state index contributed by atoms with van der Waals surface area (Å²) in [7, 11) is 0. The molecule has 1 aromatic carbocycles. The van der Waals surface area contributed by atoms with Gasteiger partial charge in [-0.2, -0.15) is 13.2 Å². The second-order valence-corrected chi connectivity index (χ2v) is 7.03. The van der Waals surface area contributed by atoms with Gasteiger partial charge in [0.2, 0.25) is 0 Å². The number of halogens is 4. The van der Waals surface area contributed by atoms with E-state index in [-0.39, 0.29) is 17.0 Å². The van der Waals surface area contributed by atoms with Gasteiger partial charge in [-0.1, -0.05) is 35.1 Å². The maximum Gasteiger partial charge on any atom is 0.434 e. The Morgan fingerprint density at radius 3 is 2.62 bits per heavy atom. The molecule has 8 heteroatoms. The second kappa shape index (κ2) is 7.11. The van der Waals surface area contributed by atoms with Crippen LogP contribution in [0.4, 0.5) is 13.2 Å². The summed E-state index contributed by atoms with van der Waals surface area (Å²) in [6.45, 7) is 5.50. The summed E-state index contributed by atoms with van der Waals surface area (Å²) in [5.41, 5.74) is 0.106. The molecule has 130 valence electrons. The number of hydrogen-bond acceptors (Lipinski definition) is 4. The van der Waals surface area contributed by atoms with E-state index < -0.39 is 22.5 Å². The van der Waals surface area contributed by atoms with E-state index in [2.05, 4.69) is 4.98 Å². The van der Waals surface area contributed by atoms with Crippen molar-refractivity contribution in [2.45, 2.75) is 39.5 Å². The van der Waals surface area contributed by atoms with Crippen molar-refractivity contribution in [2.24, 2.45) is 0 Å². The van der Waals surface area contributed by atoms with Gasteiger partial charge in [0.05, 0.1) is 6.10 Å². The molecule has 0 unspecified atom stereocenters. The summed E-state index contributed by atoms with van der Waals surface area (Å²) in [4.78, 5) is 15.1. The lowest BCUT2D eigenvalue weighted by atomic mass is 10.0. The average molecular weight is 378 g/mol. The molecule has 0 aliphatic carbocycles. The topological polar surface area (TPSA) is 39.2 Å². The Morgan fingerprint density at radius 1 is 1.38 bits per heavy atom. The maximum atomic E-state index is 13.0. The van der Waals surface area contributed by atoms with Crippen molar-refractivity contribution in [3.63, 3.8) is 0 Å². The van der Waals surface area contributed by atoms with E-state index in [9.17, 15) is 18.0 Å². The molecule has 2 aromatic rings. The molecule has 0 saturated heterocycles. The number of carbonyl (C=O) groups excluding carboxylic acids is 1. The van der Waals surface area contributed by atoms with Gasteiger partial charge in [-0.15, -0.1) is 0 Å². The summed E-state index contributed by atoms with van der Waals surface area (Å²) in [6.07, 6.45) is -4.94. The summed E-state index contributed by atoms with van der Waals surface area (Å²) >= 11 is 6.11. The van der Waals surface area contributed by atoms with Gasteiger partial charge in [0.25, 0.3) is 0 Å². The Hall–Kier alpha value is -1.60. The SMILES string of the molecule is Cc1c(CC(=O)c2sc(Cl)nc2C(F)(F)F)cccc1OC(C)C. The van der Waals surface area contributed by atoms with Gasteiger partial charge in [0.1, 0.15) is 10.6 Å². The van der Waals surface area contributed by atoms with E-state index in [0.29, 0.717) is 22.6 Å². The van der Waals surface area contributed by atoms with Crippen LogP contribution in [0.15, 0.2) is 18.2 Å². The van der Waals surface area contributed by atoms with Gasteiger partial charge in [0, 0.05) is 6.42 Å². The Labute approximate surface area is 146 Å². The lowest BCUT2D eigenvalue weighted by molar-refractivity contribution is -0.141. The van der Waals surface area contributed by atoms with Crippen molar-refractivity contribution in [3.8, 4) is 5.75 Å². The molecule has 2 rings (SSSR count). The molecular formula is C16H15ClF3NO2S. The van der Waals surface area contributed by atoms with Gasteiger partial charge in [0.15, 0.2) is 15.9 Å². The van der Waals surface area contributed by atoms with Crippen molar-refractivity contribution in [2.75, 3.05) is 0 Å². The molecule has 0 radical (unpaired) electrons. The molecular weight excluding hydrogens is 363 g/mol. The zero-order valence-electron chi connectivity index (χ0n) is 13.2. The lowest BCUT2D eigenvalue weighted by Crippen LogP contribution is -2.14. The molecule has 0 aliphatic rings. The Morgan fingerprint density at radius 2 is 2.04 bits per heavy atom. The largest absolute Gasteiger partial charge is 0.491 e. The van der Waals surface area contributed by atoms with Gasteiger partial charge in [-0.25, -0.2) is 4.98 Å². The Balaban J connectivity index is 2.31. The highest BCUT2D eigenvalue weighted by Gasteiger charge is 2.39. The lowest BCUT2D eigenvalue weighted by Gasteiger charge is -2.15. The van der Waals surface area contributed by atoms with E-state index in [0.717, 1.165) is 5.56 Å². The van der Waals surface area contributed by atoms with Gasteiger partial charge in [-0.05, 0) is 38.0 Å². The molecule has 0 spiro atoms. The number of aromatic nitrogens is 1. The number of rotatable bonds is 5. The van der Waals surface area contributed by atoms with Crippen LogP contribution in [0.2, 0.25) is 4.47 Å². The van der Waals surface area contributed by atoms with Crippen molar-refractivity contribution in [1.82, 2.24) is 4.98 Å². The quantitative estimate of drug-likeness (QED) is 0.660. The summed E-state index contributed by atoms with van der Waals surface area (Å²) in [5, 5.41) is 0. The molecule has 0 N–H and O–H groups in total. The number of ketones is 1. The van der Waals surface area contributed by atoms with E-state index in [4.69, 9.17) is 16.3 Å². The smallest absolute Gasteiger partial charge is 0.434 e. The van der Waals surface area contributed by atoms with Crippen molar-refractivity contribution in [1.29, 1.82) is 0 Å². The molecule has 3 nitrogen and oxygen atoms in total. The van der Waals surface area contributed by atoms with Crippen LogP contribution in [0.5, 0.6) is 5.75 Å². The van der Waals surface area contributed by atoms with E-state index in [1.54, 1.807) is 25.1 Å². The molecule has 0 saturated carbocycles. The summed E-state index contributed by atoms with van der Waals surface area (Å²) < 4.78 is 44.2. The highest BCUT2D eigenvalue weighted by molar-refractivity contribution is 7.17. The third kappa shape index (κ3) is 4.27. The Kier molecular flexibility index (Phi) is 5.55. The first-order chi connectivity index (χ1) is 11.1. The van der Waals surface area contributed by atoms with Crippen LogP contribution in [0.1, 0.15) is 40.3 Å². The minimum Gasteiger partial charge on any atom is -0.491 e. The molecule has 0 amide bonds. The zero-order chi connectivity index (χ0) is 18.1. The zero-order valence-corrected chi connectivity index (χ0v) is 14.8. The van der Waals surface area contributed by atoms with E-state index >= 15 is 0 Å². The third-order valence-corrected chi connectivity index (χ3v) is 4.43. The first-order valence-electron chi connectivity index (χ1n) is 7.11. The predicted molar refractivity (Wildman–Crippen MR) is 87.1 cm³/mol. The number of benzene rings is 1. The first-order valence-corrected chi connectivity index (χ1v) is 8.31. The van der Waals surface area contributed by atoms with E-state index in [1.807, 2.05) is 13.8 Å². The van der Waals surface area contributed by atoms with Crippen LogP contribution in [0, 0.1) is 6.92 Å². The number of hydrogen-bond donors (Lipinski definition) is 0. The average Bonchev–Trinajstić information content (AvgIpc) is 2.85. The minimum atomic E-state index is -4.72. The van der Waals surface area contributed by atoms with Gasteiger partial charge >= 0.3 is 6.18 Å². The van der Waals surface area contributed by atoms with Crippen LogP contribution in [0.3, 0.4) is 0 Å². The highest BCUT2D eigenvalue weighted by Crippen LogP contribution is 2.36. The van der Waals surface area contributed by atoms with Crippen LogP contribution < -0.4 is 4.74 Å².